The maximum absolute atomic E-state index is 13.2. The first-order chi connectivity index (χ1) is 15.5. The minimum absolute atomic E-state index is 0.0970. The average Bonchev–Trinajstić information content (AvgIpc) is 2.82. The molecule has 2 saturated heterocycles. The molecule has 6 heteroatoms. The quantitative estimate of drug-likeness (QED) is 0.608. The average molecular weight is 475 g/mol. The minimum Gasteiger partial charge on any atom is -0.393 e. The number of rotatable bonds is 6. The van der Waals surface area contributed by atoms with Crippen LogP contribution in [0.15, 0.2) is 48.5 Å². The van der Waals surface area contributed by atoms with Gasteiger partial charge in [-0.3, -0.25) is 4.79 Å². The Morgan fingerprint density at radius 2 is 1.78 bits per heavy atom. The van der Waals surface area contributed by atoms with Crippen LogP contribution in [-0.2, 0) is 5.41 Å². The van der Waals surface area contributed by atoms with Crippen LogP contribution in [0.25, 0.3) is 0 Å². The number of carbonyl (C=O) groups is 1. The molecule has 1 atom stereocenters. The van der Waals surface area contributed by atoms with Gasteiger partial charge in [0.25, 0.3) is 5.91 Å². The van der Waals surface area contributed by atoms with E-state index in [9.17, 15) is 9.90 Å². The Hall–Kier alpha value is -1.59. The van der Waals surface area contributed by atoms with Crippen molar-refractivity contribution in [3.8, 4) is 0 Å². The first-order valence-electron chi connectivity index (χ1n) is 11.7. The van der Waals surface area contributed by atoms with E-state index >= 15 is 0 Å². The standard InChI is InChI=1S/C26H32Cl2N2O2/c27-23-9-8-21(18-24(23)28)26(12-4-14-29-16-10-22(31)11-17-29)13-5-15-30(19-26)25(32)20-6-2-1-3-7-20/h1-3,6-9,18,22,31H,4-5,10-17,19H2. The van der Waals surface area contributed by atoms with Crippen molar-refractivity contribution >= 4 is 29.1 Å². The van der Waals surface area contributed by atoms with Crippen molar-refractivity contribution in [3.63, 3.8) is 0 Å². The van der Waals surface area contributed by atoms with Gasteiger partial charge >= 0.3 is 0 Å². The van der Waals surface area contributed by atoms with Crippen LogP contribution in [0.2, 0.25) is 10.0 Å². The molecule has 4 rings (SSSR count). The van der Waals surface area contributed by atoms with E-state index in [2.05, 4.69) is 11.0 Å². The number of aliphatic hydroxyl groups excluding tert-OH is 1. The molecule has 2 aromatic carbocycles. The molecule has 0 bridgehead atoms. The van der Waals surface area contributed by atoms with Gasteiger partial charge in [0.1, 0.15) is 0 Å². The lowest BCUT2D eigenvalue weighted by Gasteiger charge is -2.44. The molecule has 2 aliphatic heterocycles. The molecule has 0 radical (unpaired) electrons. The van der Waals surface area contributed by atoms with E-state index in [4.69, 9.17) is 23.2 Å². The lowest BCUT2D eigenvalue weighted by Crippen LogP contribution is -2.49. The molecule has 172 valence electrons. The van der Waals surface area contributed by atoms with Gasteiger partial charge in [-0.05, 0) is 74.9 Å². The molecule has 1 unspecified atom stereocenters. The van der Waals surface area contributed by atoms with E-state index in [0.29, 0.717) is 16.6 Å². The summed E-state index contributed by atoms with van der Waals surface area (Å²) in [6.45, 7) is 4.40. The molecule has 0 aromatic heterocycles. The van der Waals surface area contributed by atoms with Gasteiger partial charge in [0.2, 0.25) is 0 Å². The molecule has 0 saturated carbocycles. The van der Waals surface area contributed by atoms with Crippen LogP contribution < -0.4 is 0 Å². The highest BCUT2D eigenvalue weighted by Crippen LogP contribution is 2.41. The summed E-state index contributed by atoms with van der Waals surface area (Å²) in [6.07, 6.45) is 5.60. The van der Waals surface area contributed by atoms with E-state index in [1.807, 2.05) is 47.4 Å². The van der Waals surface area contributed by atoms with Crippen molar-refractivity contribution in [2.75, 3.05) is 32.7 Å². The fourth-order valence-corrected chi connectivity index (χ4v) is 5.56. The Bertz CT molecular complexity index is 915. The van der Waals surface area contributed by atoms with Crippen LogP contribution in [0.4, 0.5) is 0 Å². The molecule has 4 nitrogen and oxygen atoms in total. The van der Waals surface area contributed by atoms with Crippen molar-refractivity contribution in [2.45, 2.75) is 50.0 Å². The Morgan fingerprint density at radius 3 is 2.50 bits per heavy atom. The van der Waals surface area contributed by atoms with Crippen molar-refractivity contribution in [1.82, 2.24) is 9.80 Å². The fraction of sp³-hybridized carbons (Fsp3) is 0.500. The van der Waals surface area contributed by atoms with Crippen LogP contribution in [0.5, 0.6) is 0 Å². The zero-order valence-electron chi connectivity index (χ0n) is 18.5. The van der Waals surface area contributed by atoms with Gasteiger partial charge in [0, 0.05) is 37.2 Å². The maximum atomic E-state index is 13.2. The lowest BCUT2D eigenvalue weighted by molar-refractivity contribution is 0.0607. The summed E-state index contributed by atoms with van der Waals surface area (Å²) in [5.41, 5.74) is 1.78. The third-order valence-electron chi connectivity index (χ3n) is 7.10. The number of hydrogen-bond acceptors (Lipinski definition) is 3. The van der Waals surface area contributed by atoms with Crippen LogP contribution >= 0.6 is 23.2 Å². The number of benzene rings is 2. The number of aliphatic hydroxyl groups is 1. The first-order valence-corrected chi connectivity index (χ1v) is 12.4. The van der Waals surface area contributed by atoms with Crippen LogP contribution in [-0.4, -0.2) is 59.6 Å². The smallest absolute Gasteiger partial charge is 0.253 e. The normalized spacial score (nSPS) is 22.8. The number of amides is 1. The molecule has 1 amide bonds. The SMILES string of the molecule is O=C(c1ccccc1)N1CCCC(CCCN2CCC(O)CC2)(c2ccc(Cl)c(Cl)c2)C1. The van der Waals surface area contributed by atoms with Crippen LogP contribution in [0.3, 0.4) is 0 Å². The number of piperidine rings is 2. The molecule has 2 aromatic rings. The van der Waals surface area contributed by atoms with Gasteiger partial charge in [-0.25, -0.2) is 0 Å². The van der Waals surface area contributed by atoms with Crippen LogP contribution in [0, 0.1) is 0 Å². The predicted octanol–water partition coefficient (Wildman–Crippen LogP) is 5.40. The molecule has 2 fully saturated rings. The van der Waals surface area contributed by atoms with Gasteiger partial charge in [-0.1, -0.05) is 47.5 Å². The van der Waals surface area contributed by atoms with Crippen molar-refractivity contribution < 1.29 is 9.90 Å². The topological polar surface area (TPSA) is 43.8 Å². The molecule has 2 aliphatic rings. The molecule has 1 N–H and O–H groups in total. The third kappa shape index (κ3) is 5.48. The summed E-state index contributed by atoms with van der Waals surface area (Å²) in [7, 11) is 0. The lowest BCUT2D eigenvalue weighted by atomic mass is 9.71. The summed E-state index contributed by atoms with van der Waals surface area (Å²) < 4.78 is 0. The number of halogens is 2. The van der Waals surface area contributed by atoms with E-state index in [1.54, 1.807) is 0 Å². The molecule has 0 spiro atoms. The van der Waals surface area contributed by atoms with E-state index in [1.165, 1.54) is 5.56 Å². The summed E-state index contributed by atoms with van der Waals surface area (Å²) in [4.78, 5) is 17.7. The monoisotopic (exact) mass is 474 g/mol. The first kappa shape index (κ1) is 23.6. The van der Waals surface area contributed by atoms with E-state index < -0.39 is 0 Å². The summed E-state index contributed by atoms with van der Waals surface area (Å²) >= 11 is 12.6. The Balaban J connectivity index is 1.53. The number of nitrogens with zero attached hydrogens (tertiary/aromatic N) is 2. The zero-order chi connectivity index (χ0) is 22.6. The van der Waals surface area contributed by atoms with Gasteiger partial charge in [0.15, 0.2) is 0 Å². The molecular formula is C26H32Cl2N2O2. The van der Waals surface area contributed by atoms with E-state index in [-0.39, 0.29) is 17.4 Å². The van der Waals surface area contributed by atoms with Crippen molar-refractivity contribution in [3.05, 3.63) is 69.7 Å². The number of carbonyl (C=O) groups excluding carboxylic acids is 1. The molecule has 2 heterocycles. The summed E-state index contributed by atoms with van der Waals surface area (Å²) in [6, 6.07) is 15.5. The number of hydrogen-bond donors (Lipinski definition) is 1. The minimum atomic E-state index is -0.148. The van der Waals surface area contributed by atoms with Crippen molar-refractivity contribution in [2.24, 2.45) is 0 Å². The second kappa shape index (κ2) is 10.6. The van der Waals surface area contributed by atoms with Crippen LogP contribution in [0.1, 0.15) is 54.4 Å². The third-order valence-corrected chi connectivity index (χ3v) is 7.84. The van der Waals surface area contributed by atoms with Gasteiger partial charge in [-0.2, -0.15) is 0 Å². The number of likely N-dealkylation sites (tertiary alicyclic amines) is 2. The van der Waals surface area contributed by atoms with E-state index in [0.717, 1.165) is 70.3 Å². The molecule has 0 aliphatic carbocycles. The largest absolute Gasteiger partial charge is 0.393 e. The second-order valence-corrected chi connectivity index (χ2v) is 10.1. The van der Waals surface area contributed by atoms with Gasteiger partial charge < -0.3 is 14.9 Å². The molecular weight excluding hydrogens is 443 g/mol. The summed E-state index contributed by atoms with van der Waals surface area (Å²) in [5.74, 6) is 0.0970. The van der Waals surface area contributed by atoms with Gasteiger partial charge in [0.05, 0.1) is 16.1 Å². The highest BCUT2D eigenvalue weighted by Gasteiger charge is 2.39. The Labute approximate surface area is 201 Å². The summed E-state index contributed by atoms with van der Waals surface area (Å²) in [5, 5.41) is 10.9. The zero-order valence-corrected chi connectivity index (χ0v) is 20.0. The van der Waals surface area contributed by atoms with Gasteiger partial charge in [-0.15, -0.1) is 0 Å². The predicted molar refractivity (Wildman–Crippen MR) is 131 cm³/mol. The fourth-order valence-electron chi connectivity index (χ4n) is 5.26. The Kier molecular flexibility index (Phi) is 7.78. The highest BCUT2D eigenvalue weighted by molar-refractivity contribution is 6.42. The highest BCUT2D eigenvalue weighted by atomic mass is 35.5. The Morgan fingerprint density at radius 1 is 1.03 bits per heavy atom. The molecule has 32 heavy (non-hydrogen) atoms. The second-order valence-electron chi connectivity index (χ2n) is 9.28. The maximum Gasteiger partial charge on any atom is 0.253 e. The van der Waals surface area contributed by atoms with Crippen molar-refractivity contribution in [1.29, 1.82) is 0 Å².